The van der Waals surface area contributed by atoms with Crippen LogP contribution in [0.3, 0.4) is 0 Å². The molecule has 4 heterocycles. The smallest absolute Gasteiger partial charge is 0.224 e. The number of benzene rings is 1. The number of amides is 2. The number of fused-ring (bicyclic) bond motifs is 1. The Morgan fingerprint density at radius 3 is 2.60 bits per heavy atom. The first-order valence-electron chi connectivity index (χ1n) is 12.3. The van der Waals surface area contributed by atoms with E-state index in [-0.39, 0.29) is 24.3 Å². The summed E-state index contributed by atoms with van der Waals surface area (Å²) in [5.74, 6) is 1.57. The Kier molecular flexibility index (Phi) is 6.89. The number of hydrogen-bond acceptors (Lipinski definition) is 7. The van der Waals surface area contributed by atoms with Crippen LogP contribution < -0.4 is 10.2 Å². The van der Waals surface area contributed by atoms with Gasteiger partial charge in [-0.3, -0.25) is 9.59 Å². The molecule has 0 bridgehead atoms. The summed E-state index contributed by atoms with van der Waals surface area (Å²) in [6.07, 6.45) is 1.81. The van der Waals surface area contributed by atoms with Crippen LogP contribution in [0.1, 0.15) is 30.7 Å². The zero-order valence-corrected chi connectivity index (χ0v) is 20.1. The van der Waals surface area contributed by atoms with Gasteiger partial charge < -0.3 is 20.0 Å². The fraction of sp³-hybridized carbons (Fsp3) is 0.480. The van der Waals surface area contributed by atoms with E-state index in [0.29, 0.717) is 37.4 Å². The highest BCUT2D eigenvalue weighted by molar-refractivity contribution is 5.80. The van der Waals surface area contributed by atoms with Gasteiger partial charge in [-0.05, 0) is 31.2 Å². The highest BCUT2D eigenvalue weighted by atomic mass is 16.2. The van der Waals surface area contributed by atoms with Crippen LogP contribution in [-0.2, 0) is 22.6 Å². The zero-order valence-electron chi connectivity index (χ0n) is 20.1. The van der Waals surface area contributed by atoms with Gasteiger partial charge in [0.15, 0.2) is 11.5 Å². The molecule has 2 aromatic heterocycles. The van der Waals surface area contributed by atoms with E-state index in [1.165, 1.54) is 0 Å². The molecule has 0 aliphatic carbocycles. The summed E-state index contributed by atoms with van der Waals surface area (Å²) in [6, 6.07) is 13.8. The largest absolute Gasteiger partial charge is 0.353 e. The van der Waals surface area contributed by atoms with Crippen LogP contribution in [0.2, 0.25) is 0 Å². The van der Waals surface area contributed by atoms with Crippen LogP contribution in [0, 0.1) is 0 Å². The van der Waals surface area contributed by atoms with E-state index in [1.54, 1.807) is 4.52 Å². The summed E-state index contributed by atoms with van der Waals surface area (Å²) in [5, 5.41) is 16.2. The SMILES string of the molecule is CN1CCN(c2ccc3nnc(CCC(=O)NC4CCN(Cc5ccccc5)C(=O)C4)n3n2)CC1. The molecule has 2 aliphatic heterocycles. The predicted molar refractivity (Wildman–Crippen MR) is 132 cm³/mol. The van der Waals surface area contributed by atoms with Crippen molar-refractivity contribution < 1.29 is 9.59 Å². The van der Waals surface area contributed by atoms with Crippen molar-refractivity contribution in [2.45, 2.75) is 38.3 Å². The van der Waals surface area contributed by atoms with Crippen LogP contribution in [0.15, 0.2) is 42.5 Å². The second-order valence-corrected chi connectivity index (χ2v) is 9.43. The summed E-state index contributed by atoms with van der Waals surface area (Å²) >= 11 is 0. The van der Waals surface area contributed by atoms with Gasteiger partial charge in [0.25, 0.3) is 0 Å². The molecule has 2 fully saturated rings. The van der Waals surface area contributed by atoms with Gasteiger partial charge in [-0.2, -0.15) is 4.52 Å². The van der Waals surface area contributed by atoms with Crippen LogP contribution in [0.5, 0.6) is 0 Å². The summed E-state index contributed by atoms with van der Waals surface area (Å²) in [7, 11) is 2.13. The first kappa shape index (κ1) is 23.2. The maximum absolute atomic E-state index is 12.6. The topological polar surface area (TPSA) is 99.0 Å². The fourth-order valence-electron chi connectivity index (χ4n) is 4.68. The second kappa shape index (κ2) is 10.4. The Labute approximate surface area is 204 Å². The monoisotopic (exact) mass is 476 g/mol. The number of nitrogens with one attached hydrogen (secondary N) is 1. The quantitative estimate of drug-likeness (QED) is 0.546. The Balaban J connectivity index is 1.13. The van der Waals surface area contributed by atoms with E-state index in [9.17, 15) is 9.59 Å². The average molecular weight is 477 g/mol. The van der Waals surface area contributed by atoms with Crippen molar-refractivity contribution in [3.8, 4) is 0 Å². The number of carbonyl (C=O) groups excluding carboxylic acids is 2. The lowest BCUT2D eigenvalue weighted by atomic mass is 10.0. The van der Waals surface area contributed by atoms with Crippen LogP contribution in [-0.4, -0.2) is 87.2 Å². The molecule has 1 aromatic carbocycles. The third kappa shape index (κ3) is 5.59. The summed E-state index contributed by atoms with van der Waals surface area (Å²) in [6.45, 7) is 5.12. The van der Waals surface area contributed by atoms with E-state index < -0.39 is 0 Å². The molecule has 1 atom stereocenters. The van der Waals surface area contributed by atoms with Crippen LogP contribution >= 0.6 is 0 Å². The Bertz CT molecular complexity index is 1170. The lowest BCUT2D eigenvalue weighted by Gasteiger charge is -2.33. The number of piperidine rings is 1. The van der Waals surface area contributed by atoms with Crippen molar-refractivity contribution in [1.82, 2.24) is 34.9 Å². The zero-order chi connectivity index (χ0) is 24.2. The molecule has 0 spiro atoms. The molecule has 1 N–H and O–H groups in total. The molecule has 184 valence electrons. The first-order chi connectivity index (χ1) is 17.0. The Morgan fingerprint density at radius 1 is 1.03 bits per heavy atom. The standard InChI is InChI=1S/C25H32N8O2/c1-30-13-15-31(16-14-30)23-8-7-21-27-28-22(33(21)29-23)9-10-24(34)26-20-11-12-32(25(35)17-20)18-19-5-3-2-4-6-19/h2-8,20H,9-18H2,1H3,(H,26,34). The van der Waals surface area contributed by atoms with Gasteiger partial charge in [-0.25, -0.2) is 0 Å². The van der Waals surface area contributed by atoms with Crippen molar-refractivity contribution in [2.24, 2.45) is 0 Å². The molecule has 3 aromatic rings. The average Bonchev–Trinajstić information content (AvgIpc) is 3.28. The molecule has 0 radical (unpaired) electrons. The number of anilines is 1. The molecular formula is C25H32N8O2. The van der Waals surface area contributed by atoms with Gasteiger partial charge in [-0.1, -0.05) is 30.3 Å². The predicted octanol–water partition coefficient (Wildman–Crippen LogP) is 1.12. The first-order valence-corrected chi connectivity index (χ1v) is 12.3. The van der Waals surface area contributed by atoms with E-state index in [0.717, 1.165) is 44.0 Å². The lowest BCUT2D eigenvalue weighted by molar-refractivity contribution is -0.135. The molecule has 2 amide bonds. The lowest BCUT2D eigenvalue weighted by Crippen LogP contribution is -2.47. The van der Waals surface area contributed by atoms with Gasteiger partial charge in [0.05, 0.1) is 0 Å². The number of nitrogens with zero attached hydrogens (tertiary/aromatic N) is 7. The number of piperazine rings is 1. The van der Waals surface area contributed by atoms with E-state index >= 15 is 0 Å². The minimum absolute atomic E-state index is 0.0775. The molecule has 35 heavy (non-hydrogen) atoms. The third-order valence-corrected chi connectivity index (χ3v) is 6.82. The number of hydrogen-bond donors (Lipinski definition) is 1. The van der Waals surface area contributed by atoms with Gasteiger partial charge in [0, 0.05) is 64.6 Å². The molecule has 10 heteroatoms. The molecule has 1 unspecified atom stereocenters. The van der Waals surface area contributed by atoms with E-state index in [1.807, 2.05) is 47.4 Å². The third-order valence-electron chi connectivity index (χ3n) is 6.82. The number of aryl methyl sites for hydroxylation is 1. The molecule has 0 saturated carbocycles. The Morgan fingerprint density at radius 2 is 1.83 bits per heavy atom. The number of likely N-dealkylation sites (tertiary alicyclic amines) is 1. The van der Waals surface area contributed by atoms with Gasteiger partial charge in [0.1, 0.15) is 5.82 Å². The molecular weight excluding hydrogens is 444 g/mol. The van der Waals surface area contributed by atoms with Gasteiger partial charge in [-0.15, -0.1) is 15.3 Å². The minimum atomic E-state index is -0.126. The molecule has 10 nitrogen and oxygen atoms in total. The van der Waals surface area contributed by atoms with Crippen molar-refractivity contribution in [3.63, 3.8) is 0 Å². The molecule has 2 saturated heterocycles. The van der Waals surface area contributed by atoms with Crippen LogP contribution in [0.25, 0.3) is 5.65 Å². The number of aromatic nitrogens is 4. The number of likely N-dealkylation sites (N-methyl/N-ethyl adjacent to an activating group) is 1. The maximum atomic E-state index is 12.6. The van der Waals surface area contributed by atoms with Gasteiger partial charge >= 0.3 is 0 Å². The van der Waals surface area contributed by atoms with Gasteiger partial charge in [0.2, 0.25) is 11.8 Å². The molecule has 2 aliphatic rings. The normalized spacial score (nSPS) is 19.3. The Hall–Kier alpha value is -3.53. The minimum Gasteiger partial charge on any atom is -0.353 e. The number of carbonyl (C=O) groups is 2. The summed E-state index contributed by atoms with van der Waals surface area (Å²) in [4.78, 5) is 31.7. The fourth-order valence-corrected chi connectivity index (χ4v) is 4.68. The van der Waals surface area contributed by atoms with Crippen molar-refractivity contribution >= 4 is 23.3 Å². The van der Waals surface area contributed by atoms with E-state index in [4.69, 9.17) is 5.10 Å². The highest BCUT2D eigenvalue weighted by Crippen LogP contribution is 2.17. The number of rotatable bonds is 7. The summed E-state index contributed by atoms with van der Waals surface area (Å²) < 4.78 is 1.74. The van der Waals surface area contributed by atoms with Crippen molar-refractivity contribution in [3.05, 3.63) is 53.9 Å². The molecule has 5 rings (SSSR count). The highest BCUT2D eigenvalue weighted by Gasteiger charge is 2.27. The summed E-state index contributed by atoms with van der Waals surface area (Å²) in [5.41, 5.74) is 1.79. The van der Waals surface area contributed by atoms with E-state index in [2.05, 4.69) is 32.4 Å². The van der Waals surface area contributed by atoms with Crippen molar-refractivity contribution in [2.75, 3.05) is 44.7 Å². The van der Waals surface area contributed by atoms with Crippen molar-refractivity contribution in [1.29, 1.82) is 0 Å². The maximum Gasteiger partial charge on any atom is 0.224 e. The second-order valence-electron chi connectivity index (χ2n) is 9.43. The van der Waals surface area contributed by atoms with Crippen LogP contribution in [0.4, 0.5) is 5.82 Å².